The zero-order valence-corrected chi connectivity index (χ0v) is 13.0. The van der Waals surface area contributed by atoms with E-state index in [0.717, 1.165) is 12.0 Å². The topological polar surface area (TPSA) is 47.6 Å². The lowest BCUT2D eigenvalue weighted by molar-refractivity contribution is -0.121. The van der Waals surface area contributed by atoms with Gasteiger partial charge >= 0.3 is 0 Å². The Hall–Kier alpha value is -2.01. The van der Waals surface area contributed by atoms with Crippen molar-refractivity contribution >= 4 is 17.2 Å². The second-order valence-electron chi connectivity index (χ2n) is 4.51. The second kappa shape index (κ2) is 7.69. The van der Waals surface area contributed by atoms with E-state index in [-0.39, 0.29) is 5.91 Å². The Morgan fingerprint density at radius 3 is 2.71 bits per heavy atom. The van der Waals surface area contributed by atoms with Gasteiger partial charge in [0.05, 0.1) is 14.2 Å². The van der Waals surface area contributed by atoms with Gasteiger partial charge in [0.2, 0.25) is 5.91 Å². The molecule has 0 spiro atoms. The Kier molecular flexibility index (Phi) is 5.63. The second-order valence-corrected chi connectivity index (χ2v) is 5.54. The van der Waals surface area contributed by atoms with Crippen molar-refractivity contribution in [3.63, 3.8) is 0 Å². The molecule has 0 aliphatic carbocycles. The number of rotatable bonds is 7. The fraction of sp³-hybridized carbons (Fsp3) is 0.312. The molecule has 0 bridgehead atoms. The molecule has 112 valence electrons. The molecule has 0 unspecified atom stereocenters. The van der Waals surface area contributed by atoms with E-state index in [9.17, 15) is 4.79 Å². The number of aryl methyl sites for hydroxylation is 1. The summed E-state index contributed by atoms with van der Waals surface area (Å²) < 4.78 is 10.6. The van der Waals surface area contributed by atoms with Crippen LogP contribution >= 0.6 is 11.3 Å². The van der Waals surface area contributed by atoms with Crippen LogP contribution in [0.25, 0.3) is 0 Å². The highest BCUT2D eigenvalue weighted by molar-refractivity contribution is 7.09. The number of ether oxygens (including phenoxy) is 2. The van der Waals surface area contributed by atoms with E-state index in [1.165, 1.54) is 4.88 Å². The SMILES string of the molecule is COc1cccc(CNC(=O)CCc2cccs2)c1OC. The number of carbonyl (C=O) groups excluding carboxylic acids is 1. The van der Waals surface area contributed by atoms with Gasteiger partial charge in [-0.2, -0.15) is 0 Å². The minimum atomic E-state index is 0.0354. The monoisotopic (exact) mass is 305 g/mol. The van der Waals surface area contributed by atoms with E-state index in [1.54, 1.807) is 25.6 Å². The number of thiophene rings is 1. The number of methoxy groups -OCH3 is 2. The van der Waals surface area contributed by atoms with Crippen molar-refractivity contribution in [2.24, 2.45) is 0 Å². The Morgan fingerprint density at radius 1 is 1.19 bits per heavy atom. The number of para-hydroxylation sites is 1. The molecule has 0 radical (unpaired) electrons. The Labute approximate surface area is 128 Å². The predicted octanol–water partition coefficient (Wildman–Crippen LogP) is 3.01. The maximum absolute atomic E-state index is 11.9. The third-order valence-corrected chi connectivity index (χ3v) is 4.08. The van der Waals surface area contributed by atoms with Crippen LogP contribution in [0.3, 0.4) is 0 Å². The molecule has 2 rings (SSSR count). The molecule has 5 heteroatoms. The number of hydrogen-bond acceptors (Lipinski definition) is 4. The number of nitrogens with one attached hydrogen (secondary N) is 1. The summed E-state index contributed by atoms with van der Waals surface area (Å²) in [6.45, 7) is 0.434. The highest BCUT2D eigenvalue weighted by atomic mass is 32.1. The number of amides is 1. The molecule has 0 saturated heterocycles. The molecule has 0 saturated carbocycles. The van der Waals surface area contributed by atoms with Crippen molar-refractivity contribution in [2.75, 3.05) is 14.2 Å². The van der Waals surface area contributed by atoms with Gasteiger partial charge in [-0.15, -0.1) is 11.3 Å². The number of carbonyl (C=O) groups is 1. The van der Waals surface area contributed by atoms with Crippen LogP contribution in [0.15, 0.2) is 35.7 Å². The first kappa shape index (κ1) is 15.4. The average Bonchev–Trinajstić information content (AvgIpc) is 3.03. The Morgan fingerprint density at radius 2 is 2.05 bits per heavy atom. The van der Waals surface area contributed by atoms with E-state index in [0.29, 0.717) is 24.5 Å². The van der Waals surface area contributed by atoms with Crippen LogP contribution in [0.2, 0.25) is 0 Å². The molecule has 0 atom stereocenters. The fourth-order valence-electron chi connectivity index (χ4n) is 2.07. The average molecular weight is 305 g/mol. The number of benzene rings is 1. The zero-order chi connectivity index (χ0) is 15.1. The van der Waals surface area contributed by atoms with Crippen LogP contribution < -0.4 is 14.8 Å². The maximum atomic E-state index is 11.9. The summed E-state index contributed by atoms with van der Waals surface area (Å²) in [5.74, 6) is 1.37. The molecule has 0 aliphatic rings. The molecule has 1 N–H and O–H groups in total. The van der Waals surface area contributed by atoms with Crippen LogP contribution in [-0.2, 0) is 17.8 Å². The zero-order valence-electron chi connectivity index (χ0n) is 12.2. The first-order valence-electron chi connectivity index (χ1n) is 6.73. The van der Waals surface area contributed by atoms with Crippen molar-refractivity contribution in [3.8, 4) is 11.5 Å². The molecule has 1 aromatic heterocycles. The maximum Gasteiger partial charge on any atom is 0.220 e. The molecule has 21 heavy (non-hydrogen) atoms. The molecule has 1 amide bonds. The lowest BCUT2D eigenvalue weighted by Crippen LogP contribution is -2.23. The van der Waals surface area contributed by atoms with Gasteiger partial charge in [-0.25, -0.2) is 0 Å². The van der Waals surface area contributed by atoms with Gasteiger partial charge in [0.1, 0.15) is 0 Å². The van der Waals surface area contributed by atoms with E-state index < -0.39 is 0 Å². The molecular weight excluding hydrogens is 286 g/mol. The Balaban J connectivity index is 1.89. The van der Waals surface area contributed by atoms with Gasteiger partial charge in [-0.05, 0) is 23.9 Å². The van der Waals surface area contributed by atoms with Crippen LogP contribution in [0.5, 0.6) is 11.5 Å². The quantitative estimate of drug-likeness (QED) is 0.855. The van der Waals surface area contributed by atoms with Crippen LogP contribution in [-0.4, -0.2) is 20.1 Å². The largest absolute Gasteiger partial charge is 0.493 e. The summed E-state index contributed by atoms with van der Waals surface area (Å²) in [4.78, 5) is 13.1. The summed E-state index contributed by atoms with van der Waals surface area (Å²) in [6.07, 6.45) is 1.27. The first-order valence-corrected chi connectivity index (χ1v) is 7.61. The first-order chi connectivity index (χ1) is 10.2. The normalized spacial score (nSPS) is 10.2. The molecule has 1 heterocycles. The molecule has 0 aliphatic heterocycles. The third-order valence-electron chi connectivity index (χ3n) is 3.14. The Bertz CT molecular complexity index is 581. The van der Waals surface area contributed by atoms with Gasteiger partial charge in [-0.3, -0.25) is 4.79 Å². The van der Waals surface area contributed by atoms with E-state index in [2.05, 4.69) is 5.32 Å². The summed E-state index contributed by atoms with van der Waals surface area (Å²) >= 11 is 1.67. The van der Waals surface area contributed by atoms with Crippen LogP contribution in [0.1, 0.15) is 16.9 Å². The molecule has 0 fully saturated rings. The van der Waals surface area contributed by atoms with Gasteiger partial charge < -0.3 is 14.8 Å². The summed E-state index contributed by atoms with van der Waals surface area (Å²) in [6, 6.07) is 9.68. The molecule has 4 nitrogen and oxygen atoms in total. The fourth-order valence-corrected chi connectivity index (χ4v) is 2.78. The minimum Gasteiger partial charge on any atom is -0.493 e. The summed E-state index contributed by atoms with van der Waals surface area (Å²) in [7, 11) is 3.20. The lowest BCUT2D eigenvalue weighted by Gasteiger charge is -2.13. The van der Waals surface area contributed by atoms with Gasteiger partial charge in [0, 0.05) is 23.4 Å². The highest BCUT2D eigenvalue weighted by Crippen LogP contribution is 2.30. The van der Waals surface area contributed by atoms with Crippen molar-refractivity contribution in [3.05, 3.63) is 46.2 Å². The van der Waals surface area contributed by atoms with E-state index >= 15 is 0 Å². The van der Waals surface area contributed by atoms with Gasteiger partial charge in [0.25, 0.3) is 0 Å². The van der Waals surface area contributed by atoms with Crippen molar-refractivity contribution < 1.29 is 14.3 Å². The number of hydrogen-bond donors (Lipinski definition) is 1. The van der Waals surface area contributed by atoms with E-state index in [4.69, 9.17) is 9.47 Å². The minimum absolute atomic E-state index is 0.0354. The predicted molar refractivity (Wildman–Crippen MR) is 84.0 cm³/mol. The van der Waals surface area contributed by atoms with E-state index in [1.807, 2.05) is 35.7 Å². The summed E-state index contributed by atoms with van der Waals surface area (Å²) in [5, 5.41) is 4.94. The standard InChI is InChI=1S/C16H19NO3S/c1-19-14-7-3-5-12(16(14)20-2)11-17-15(18)9-8-13-6-4-10-21-13/h3-7,10H,8-9,11H2,1-2H3,(H,17,18). The third kappa shape index (κ3) is 4.23. The summed E-state index contributed by atoms with van der Waals surface area (Å²) in [5.41, 5.74) is 0.904. The van der Waals surface area contributed by atoms with Crippen molar-refractivity contribution in [1.29, 1.82) is 0 Å². The van der Waals surface area contributed by atoms with Crippen LogP contribution in [0, 0.1) is 0 Å². The molecule has 1 aromatic carbocycles. The smallest absolute Gasteiger partial charge is 0.220 e. The van der Waals surface area contributed by atoms with Crippen molar-refractivity contribution in [1.82, 2.24) is 5.32 Å². The van der Waals surface area contributed by atoms with Crippen molar-refractivity contribution in [2.45, 2.75) is 19.4 Å². The van der Waals surface area contributed by atoms with Gasteiger partial charge in [-0.1, -0.05) is 18.2 Å². The molecule has 2 aromatic rings. The molecular formula is C16H19NO3S. The van der Waals surface area contributed by atoms with Crippen LogP contribution in [0.4, 0.5) is 0 Å². The lowest BCUT2D eigenvalue weighted by atomic mass is 10.1. The van der Waals surface area contributed by atoms with Gasteiger partial charge in [0.15, 0.2) is 11.5 Å². The highest BCUT2D eigenvalue weighted by Gasteiger charge is 2.10.